The van der Waals surface area contributed by atoms with Crippen molar-refractivity contribution in [3.63, 3.8) is 0 Å². The number of furan rings is 1. The van der Waals surface area contributed by atoms with Crippen LogP contribution in [-0.2, 0) is 14.3 Å². The van der Waals surface area contributed by atoms with Crippen molar-refractivity contribution in [3.8, 4) is 11.3 Å². The fraction of sp³-hybridized carbons (Fsp3) is 0.222. The van der Waals surface area contributed by atoms with E-state index in [1.165, 1.54) is 24.0 Å². The first-order chi connectivity index (χ1) is 11.4. The zero-order valence-electron chi connectivity index (χ0n) is 13.7. The minimum absolute atomic E-state index is 0.309. The number of nitrogens with zero attached hydrogens (tertiary/aromatic N) is 1. The van der Waals surface area contributed by atoms with Crippen molar-refractivity contribution >= 4 is 18.0 Å². The van der Waals surface area contributed by atoms with Crippen LogP contribution in [-0.4, -0.2) is 37.0 Å². The van der Waals surface area contributed by atoms with Gasteiger partial charge in [-0.25, -0.2) is 9.18 Å². The van der Waals surface area contributed by atoms with Crippen molar-refractivity contribution in [3.05, 3.63) is 54.1 Å². The molecule has 0 spiro atoms. The van der Waals surface area contributed by atoms with Gasteiger partial charge in [-0.2, -0.15) is 0 Å². The second kappa shape index (κ2) is 7.59. The summed E-state index contributed by atoms with van der Waals surface area (Å²) >= 11 is 0. The Hall–Kier alpha value is -2.89. The summed E-state index contributed by atoms with van der Waals surface area (Å²) in [5.74, 6) is -0.634. The first-order valence-corrected chi connectivity index (χ1v) is 7.33. The highest BCUT2D eigenvalue weighted by Gasteiger charge is 2.18. The zero-order chi connectivity index (χ0) is 17.7. The predicted octanol–water partition coefficient (Wildman–Crippen LogP) is 3.12. The van der Waals surface area contributed by atoms with Crippen molar-refractivity contribution in [2.24, 2.45) is 0 Å². The number of benzene rings is 1. The third-order valence-corrected chi connectivity index (χ3v) is 3.23. The molecule has 0 aliphatic carbocycles. The summed E-state index contributed by atoms with van der Waals surface area (Å²) in [4.78, 5) is 24.7. The van der Waals surface area contributed by atoms with E-state index in [-0.39, 0.29) is 5.91 Å². The van der Waals surface area contributed by atoms with Crippen LogP contribution in [0.4, 0.5) is 4.39 Å². The van der Waals surface area contributed by atoms with E-state index in [1.807, 2.05) is 0 Å². The molecule has 5 nitrogen and oxygen atoms in total. The number of amides is 1. The maximum atomic E-state index is 13.7. The van der Waals surface area contributed by atoms with Gasteiger partial charge in [0.15, 0.2) is 6.10 Å². The molecule has 0 bridgehead atoms. The molecule has 1 heterocycles. The summed E-state index contributed by atoms with van der Waals surface area (Å²) in [5, 5.41) is 0. The second-order valence-corrected chi connectivity index (χ2v) is 5.33. The lowest BCUT2D eigenvalue weighted by Crippen LogP contribution is -2.34. The molecule has 0 aliphatic rings. The number of ether oxygens (including phenoxy) is 1. The number of hydrogen-bond acceptors (Lipinski definition) is 4. The largest absolute Gasteiger partial charge is 0.457 e. The first-order valence-electron chi connectivity index (χ1n) is 7.33. The Balaban J connectivity index is 2.02. The smallest absolute Gasteiger partial charge is 0.331 e. The molecule has 2 aromatic rings. The van der Waals surface area contributed by atoms with Gasteiger partial charge in [0, 0.05) is 20.2 Å². The third-order valence-electron chi connectivity index (χ3n) is 3.23. The fourth-order valence-electron chi connectivity index (χ4n) is 2.03. The molecule has 2 rings (SSSR count). The topological polar surface area (TPSA) is 59.8 Å². The monoisotopic (exact) mass is 331 g/mol. The number of esters is 1. The Kier molecular flexibility index (Phi) is 5.52. The van der Waals surface area contributed by atoms with Crippen molar-refractivity contribution < 1.29 is 23.1 Å². The van der Waals surface area contributed by atoms with Crippen molar-refractivity contribution in [1.82, 2.24) is 4.90 Å². The summed E-state index contributed by atoms with van der Waals surface area (Å²) in [6.07, 6.45) is 1.69. The summed E-state index contributed by atoms with van der Waals surface area (Å²) < 4.78 is 24.2. The van der Waals surface area contributed by atoms with Gasteiger partial charge < -0.3 is 14.1 Å². The first kappa shape index (κ1) is 17.5. The number of carbonyl (C=O) groups excluding carboxylic acids is 2. The van der Waals surface area contributed by atoms with Crippen LogP contribution in [0, 0.1) is 5.82 Å². The lowest BCUT2D eigenvalue weighted by Gasteiger charge is -2.16. The second-order valence-electron chi connectivity index (χ2n) is 5.33. The van der Waals surface area contributed by atoms with E-state index < -0.39 is 17.9 Å². The van der Waals surface area contributed by atoms with Gasteiger partial charge in [0.05, 0.1) is 5.56 Å². The maximum absolute atomic E-state index is 13.7. The number of likely N-dealkylation sites (N-methyl/N-ethyl adjacent to an activating group) is 1. The molecule has 126 valence electrons. The molecule has 0 N–H and O–H groups in total. The average molecular weight is 331 g/mol. The van der Waals surface area contributed by atoms with Crippen molar-refractivity contribution in [1.29, 1.82) is 0 Å². The van der Waals surface area contributed by atoms with Crippen molar-refractivity contribution in [2.75, 3.05) is 14.1 Å². The van der Waals surface area contributed by atoms with Gasteiger partial charge in [-0.3, -0.25) is 4.79 Å². The van der Waals surface area contributed by atoms with Crippen LogP contribution in [0.2, 0.25) is 0 Å². The SMILES string of the molecule is C[C@@H](OC(=O)/C=C/c1ccc(-c2ccccc2F)o1)C(=O)N(C)C. The minimum Gasteiger partial charge on any atom is -0.457 e. The van der Waals surface area contributed by atoms with Gasteiger partial charge in [0.25, 0.3) is 5.91 Å². The van der Waals surface area contributed by atoms with Crippen LogP contribution in [0.15, 0.2) is 46.9 Å². The average Bonchev–Trinajstić information content (AvgIpc) is 3.01. The molecular formula is C18H18FNO4. The third kappa shape index (κ3) is 4.32. The van der Waals surface area contributed by atoms with Crippen LogP contribution in [0.5, 0.6) is 0 Å². The lowest BCUT2D eigenvalue weighted by atomic mass is 10.1. The van der Waals surface area contributed by atoms with Crippen LogP contribution >= 0.6 is 0 Å². The van der Waals surface area contributed by atoms with Gasteiger partial charge in [-0.15, -0.1) is 0 Å². The highest BCUT2D eigenvalue weighted by atomic mass is 19.1. The fourth-order valence-corrected chi connectivity index (χ4v) is 2.03. The Bertz CT molecular complexity index is 764. The van der Waals surface area contributed by atoms with E-state index >= 15 is 0 Å². The highest BCUT2D eigenvalue weighted by molar-refractivity contribution is 5.90. The number of rotatable bonds is 5. The Morgan fingerprint density at radius 3 is 2.58 bits per heavy atom. The summed E-state index contributed by atoms with van der Waals surface area (Å²) in [6.45, 7) is 1.50. The molecule has 1 atom stereocenters. The van der Waals surface area contributed by atoms with Gasteiger partial charge in [-0.1, -0.05) is 12.1 Å². The van der Waals surface area contributed by atoms with Crippen LogP contribution in [0.25, 0.3) is 17.4 Å². The zero-order valence-corrected chi connectivity index (χ0v) is 13.7. The summed E-state index contributed by atoms with van der Waals surface area (Å²) in [5.41, 5.74) is 0.338. The van der Waals surface area contributed by atoms with Crippen LogP contribution < -0.4 is 0 Å². The molecule has 0 radical (unpaired) electrons. The molecule has 0 unspecified atom stereocenters. The maximum Gasteiger partial charge on any atom is 0.331 e. The highest BCUT2D eigenvalue weighted by Crippen LogP contribution is 2.25. The standard InChI is InChI=1S/C18H18FNO4/c1-12(18(22)20(2)3)23-17(21)11-9-13-8-10-16(24-13)14-6-4-5-7-15(14)19/h4-12H,1-3H3/b11-9+/t12-/m1/s1. The summed E-state index contributed by atoms with van der Waals surface area (Å²) in [7, 11) is 3.16. The lowest BCUT2D eigenvalue weighted by molar-refractivity contribution is -0.153. The van der Waals surface area contributed by atoms with E-state index in [0.717, 1.165) is 6.08 Å². The Morgan fingerprint density at radius 1 is 1.21 bits per heavy atom. The molecule has 0 saturated carbocycles. The van der Waals surface area contributed by atoms with E-state index in [2.05, 4.69) is 0 Å². The predicted molar refractivity (Wildman–Crippen MR) is 87.4 cm³/mol. The van der Waals surface area contributed by atoms with Gasteiger partial charge in [0.1, 0.15) is 17.3 Å². The molecule has 1 aromatic heterocycles. The van der Waals surface area contributed by atoms with E-state index in [0.29, 0.717) is 17.1 Å². The Morgan fingerprint density at radius 2 is 1.92 bits per heavy atom. The van der Waals surface area contributed by atoms with Gasteiger partial charge in [0.2, 0.25) is 0 Å². The molecule has 0 aliphatic heterocycles. The number of carbonyl (C=O) groups is 2. The van der Waals surface area contributed by atoms with E-state index in [1.54, 1.807) is 44.4 Å². The quantitative estimate of drug-likeness (QED) is 0.624. The van der Waals surface area contributed by atoms with Gasteiger partial charge in [-0.05, 0) is 37.3 Å². The van der Waals surface area contributed by atoms with E-state index in [9.17, 15) is 14.0 Å². The van der Waals surface area contributed by atoms with Crippen LogP contribution in [0.1, 0.15) is 12.7 Å². The van der Waals surface area contributed by atoms with Crippen LogP contribution in [0.3, 0.4) is 0 Å². The molecular weight excluding hydrogens is 313 g/mol. The van der Waals surface area contributed by atoms with Crippen molar-refractivity contribution in [2.45, 2.75) is 13.0 Å². The summed E-state index contributed by atoms with van der Waals surface area (Å²) in [6, 6.07) is 9.46. The minimum atomic E-state index is -0.872. The number of hydrogen-bond donors (Lipinski definition) is 0. The molecule has 24 heavy (non-hydrogen) atoms. The van der Waals surface area contributed by atoms with E-state index in [4.69, 9.17) is 9.15 Å². The normalized spacial score (nSPS) is 12.2. The molecule has 1 aromatic carbocycles. The van der Waals surface area contributed by atoms with Gasteiger partial charge >= 0.3 is 5.97 Å². The number of halogens is 1. The molecule has 6 heteroatoms. The molecule has 0 saturated heterocycles. The molecule has 1 amide bonds. The molecule has 0 fully saturated rings. The Labute approximate surface area is 139 Å².